The van der Waals surface area contributed by atoms with Crippen LogP contribution in [0.1, 0.15) is 79.7 Å². The van der Waals surface area contributed by atoms with E-state index in [1.165, 1.54) is 63.4 Å². The third-order valence-electron chi connectivity index (χ3n) is 6.17. The lowest BCUT2D eigenvalue weighted by Gasteiger charge is -2.43. The van der Waals surface area contributed by atoms with Crippen LogP contribution in [-0.4, -0.2) is 0 Å². The Bertz CT molecular complexity index is 630. The molecule has 0 nitrogen and oxygen atoms in total. The van der Waals surface area contributed by atoms with Crippen LogP contribution < -0.4 is 0 Å². The van der Waals surface area contributed by atoms with Gasteiger partial charge in [-0.2, -0.15) is 0 Å². The van der Waals surface area contributed by atoms with Gasteiger partial charge in [-0.1, -0.05) is 19.3 Å². The summed E-state index contributed by atoms with van der Waals surface area (Å²) in [5.41, 5.74) is 3.86. The first-order chi connectivity index (χ1) is 10.2. The van der Waals surface area contributed by atoms with Gasteiger partial charge in [0.2, 0.25) is 0 Å². The maximum absolute atomic E-state index is 2.37. The lowest BCUT2D eigenvalue weighted by atomic mass is 9.63. The Hall–Kier alpha value is -0.340. The Balaban J connectivity index is 1.56. The van der Waals surface area contributed by atoms with Gasteiger partial charge in [0.1, 0.15) is 0 Å². The van der Waals surface area contributed by atoms with Crippen LogP contribution in [0.3, 0.4) is 0 Å². The number of hydrogen-bond acceptors (Lipinski definition) is 2. The molecule has 21 heavy (non-hydrogen) atoms. The Labute approximate surface area is 136 Å². The summed E-state index contributed by atoms with van der Waals surface area (Å²) in [6, 6.07) is 0. The zero-order valence-electron chi connectivity index (χ0n) is 13.3. The summed E-state index contributed by atoms with van der Waals surface area (Å²) >= 11 is 4.07. The van der Waals surface area contributed by atoms with Gasteiger partial charge in [0.05, 0.1) is 0 Å². The van der Waals surface area contributed by atoms with Crippen molar-refractivity contribution < 1.29 is 0 Å². The predicted octanol–water partition coefficient (Wildman–Crippen LogP) is 7.19. The molecule has 2 aliphatic rings. The quantitative estimate of drug-likeness (QED) is 0.522. The van der Waals surface area contributed by atoms with Gasteiger partial charge in [-0.05, 0) is 80.2 Å². The average molecular weight is 319 g/mol. The summed E-state index contributed by atoms with van der Waals surface area (Å²) in [5, 5.41) is 2.33. The van der Waals surface area contributed by atoms with E-state index in [1.54, 1.807) is 19.8 Å². The molecule has 2 heterocycles. The van der Waals surface area contributed by atoms with Crippen molar-refractivity contribution in [3.63, 3.8) is 0 Å². The summed E-state index contributed by atoms with van der Waals surface area (Å²) in [6.07, 6.45) is 13.4. The van der Waals surface area contributed by atoms with Crippen molar-refractivity contribution in [2.45, 2.75) is 77.6 Å². The van der Waals surface area contributed by atoms with Crippen LogP contribution in [0.4, 0.5) is 0 Å². The maximum Gasteiger partial charge on any atom is 0.0485 e. The average Bonchev–Trinajstić information content (AvgIpc) is 3.03. The molecule has 0 atom stereocenters. The summed E-state index contributed by atoms with van der Waals surface area (Å²) in [7, 11) is 0. The van der Waals surface area contributed by atoms with E-state index in [4.69, 9.17) is 0 Å². The fourth-order valence-corrected chi connectivity index (χ4v) is 7.52. The van der Waals surface area contributed by atoms with E-state index >= 15 is 0 Å². The van der Waals surface area contributed by atoms with Crippen LogP contribution in [0.5, 0.6) is 0 Å². The minimum Gasteiger partial charge on any atom is -0.142 e. The van der Waals surface area contributed by atoms with Gasteiger partial charge >= 0.3 is 0 Å². The van der Waals surface area contributed by atoms with Gasteiger partial charge in [-0.3, -0.25) is 0 Å². The molecule has 0 aliphatic heterocycles. The van der Waals surface area contributed by atoms with Crippen molar-refractivity contribution in [3.8, 4) is 0 Å². The van der Waals surface area contributed by atoms with Gasteiger partial charge in [0.25, 0.3) is 0 Å². The molecule has 0 amide bonds. The van der Waals surface area contributed by atoms with E-state index in [0.29, 0.717) is 0 Å². The second-order valence-electron chi connectivity index (χ2n) is 7.50. The molecule has 2 aromatic rings. The highest BCUT2D eigenvalue weighted by atomic mass is 32.1. The molecule has 1 spiro atoms. The largest absolute Gasteiger partial charge is 0.142 e. The molecule has 0 unspecified atom stereocenters. The molecular weight excluding hydrogens is 292 g/mol. The highest BCUT2D eigenvalue weighted by Crippen LogP contribution is 2.53. The van der Waals surface area contributed by atoms with Crippen LogP contribution in [-0.2, 0) is 0 Å². The SMILES string of the molecule is Cc1csc2c(C)c(C3CCC4(CCCCC4)CC3)sc12. The predicted molar refractivity (Wildman–Crippen MR) is 95.9 cm³/mol. The lowest BCUT2D eigenvalue weighted by Crippen LogP contribution is -2.29. The van der Waals surface area contributed by atoms with E-state index in [1.807, 2.05) is 11.3 Å². The number of aryl methyl sites for hydroxylation is 2. The topological polar surface area (TPSA) is 0 Å². The highest BCUT2D eigenvalue weighted by molar-refractivity contribution is 7.27. The number of thiophene rings is 2. The van der Waals surface area contributed by atoms with E-state index < -0.39 is 0 Å². The van der Waals surface area contributed by atoms with E-state index in [-0.39, 0.29) is 0 Å². The molecule has 2 saturated carbocycles. The Morgan fingerprint density at radius 2 is 1.67 bits per heavy atom. The van der Waals surface area contributed by atoms with Crippen molar-refractivity contribution >= 4 is 32.1 Å². The fraction of sp³-hybridized carbons (Fsp3) is 0.684. The molecule has 2 aromatic heterocycles. The third-order valence-corrected chi connectivity index (χ3v) is 9.11. The van der Waals surface area contributed by atoms with Crippen molar-refractivity contribution in [2.24, 2.45) is 5.41 Å². The monoisotopic (exact) mass is 318 g/mol. The molecule has 0 radical (unpaired) electrons. The van der Waals surface area contributed by atoms with Gasteiger partial charge in [0.15, 0.2) is 0 Å². The molecule has 114 valence electrons. The molecule has 4 rings (SSSR count). The van der Waals surface area contributed by atoms with E-state index in [9.17, 15) is 0 Å². The second-order valence-corrected chi connectivity index (χ2v) is 9.44. The van der Waals surface area contributed by atoms with Gasteiger partial charge in [-0.15, -0.1) is 22.7 Å². The summed E-state index contributed by atoms with van der Waals surface area (Å²) in [5.74, 6) is 0.863. The van der Waals surface area contributed by atoms with Crippen molar-refractivity contribution in [1.29, 1.82) is 0 Å². The standard InChI is InChI=1S/C19H26S2/c1-13-12-20-18-14(2)17(21-16(13)18)15-6-10-19(11-7-15)8-4-3-5-9-19/h12,15H,3-11H2,1-2H3. The molecule has 0 bridgehead atoms. The summed E-state index contributed by atoms with van der Waals surface area (Å²) < 4.78 is 3.15. The molecule has 0 aromatic carbocycles. The Kier molecular flexibility index (Phi) is 3.66. The summed E-state index contributed by atoms with van der Waals surface area (Å²) in [4.78, 5) is 1.73. The lowest BCUT2D eigenvalue weighted by molar-refractivity contribution is 0.115. The highest BCUT2D eigenvalue weighted by Gasteiger charge is 2.37. The van der Waals surface area contributed by atoms with Gasteiger partial charge in [0, 0.05) is 14.3 Å². The zero-order valence-corrected chi connectivity index (χ0v) is 15.0. The minimum absolute atomic E-state index is 0.757. The summed E-state index contributed by atoms with van der Waals surface area (Å²) in [6.45, 7) is 4.64. The van der Waals surface area contributed by atoms with Crippen LogP contribution in [0.2, 0.25) is 0 Å². The van der Waals surface area contributed by atoms with Crippen molar-refractivity contribution in [3.05, 3.63) is 21.4 Å². The first kappa shape index (κ1) is 14.3. The number of hydrogen-bond donors (Lipinski definition) is 0. The zero-order chi connectivity index (χ0) is 14.4. The Morgan fingerprint density at radius 3 is 2.33 bits per heavy atom. The number of rotatable bonds is 1. The molecular formula is C19H26S2. The van der Waals surface area contributed by atoms with Gasteiger partial charge < -0.3 is 0 Å². The molecule has 2 aliphatic carbocycles. The van der Waals surface area contributed by atoms with Crippen LogP contribution in [0, 0.1) is 19.3 Å². The molecule has 2 heteroatoms. The van der Waals surface area contributed by atoms with Crippen LogP contribution in [0.25, 0.3) is 9.40 Å². The first-order valence-corrected chi connectivity index (χ1v) is 10.4. The van der Waals surface area contributed by atoms with Crippen LogP contribution in [0.15, 0.2) is 5.38 Å². The second kappa shape index (κ2) is 5.38. The molecule has 0 N–H and O–H groups in total. The fourth-order valence-electron chi connectivity index (χ4n) is 4.80. The normalized spacial score (nSPS) is 23.1. The van der Waals surface area contributed by atoms with Crippen molar-refractivity contribution in [2.75, 3.05) is 0 Å². The van der Waals surface area contributed by atoms with E-state index in [2.05, 4.69) is 30.6 Å². The molecule has 0 saturated heterocycles. The van der Waals surface area contributed by atoms with Crippen LogP contribution >= 0.6 is 22.7 Å². The van der Waals surface area contributed by atoms with E-state index in [0.717, 1.165) is 11.3 Å². The minimum atomic E-state index is 0.757. The molecule has 2 fully saturated rings. The first-order valence-electron chi connectivity index (χ1n) is 8.66. The maximum atomic E-state index is 2.37. The Morgan fingerprint density at radius 1 is 0.952 bits per heavy atom. The number of fused-ring (bicyclic) bond motifs is 1. The van der Waals surface area contributed by atoms with Crippen molar-refractivity contribution in [1.82, 2.24) is 0 Å². The third kappa shape index (κ3) is 2.39. The van der Waals surface area contributed by atoms with Gasteiger partial charge in [-0.25, -0.2) is 0 Å². The smallest absolute Gasteiger partial charge is 0.0485 e.